The number of fused-ring (bicyclic) bond motifs is 1. The van der Waals surface area contributed by atoms with Crippen LogP contribution in [-0.2, 0) is 4.79 Å². The molecule has 0 bridgehead atoms. The third-order valence-corrected chi connectivity index (χ3v) is 4.68. The normalized spacial score (nSPS) is 23.6. The predicted octanol–water partition coefficient (Wildman–Crippen LogP) is 2.12. The van der Waals surface area contributed by atoms with E-state index < -0.39 is 0 Å². The Balaban J connectivity index is 1.82. The van der Waals surface area contributed by atoms with Gasteiger partial charge in [0.2, 0.25) is 5.91 Å². The first-order valence-electron chi connectivity index (χ1n) is 6.60. The van der Waals surface area contributed by atoms with Crippen molar-refractivity contribution in [1.29, 1.82) is 0 Å². The number of amides is 1. The lowest BCUT2D eigenvalue weighted by molar-refractivity contribution is -0.122. The molecule has 2 aliphatic heterocycles. The highest BCUT2D eigenvalue weighted by molar-refractivity contribution is 7.99. The maximum atomic E-state index is 12.6. The van der Waals surface area contributed by atoms with Crippen LogP contribution in [0.15, 0.2) is 29.2 Å². The van der Waals surface area contributed by atoms with E-state index in [4.69, 9.17) is 0 Å². The summed E-state index contributed by atoms with van der Waals surface area (Å²) in [5, 5.41) is 3.33. The number of thioether (sulfide) groups is 1. The van der Waals surface area contributed by atoms with Gasteiger partial charge in [-0.3, -0.25) is 4.79 Å². The summed E-state index contributed by atoms with van der Waals surface area (Å²) >= 11 is 1.85. The molecule has 2 heterocycles. The Morgan fingerprint density at radius 3 is 3.11 bits per heavy atom. The van der Waals surface area contributed by atoms with E-state index in [1.165, 1.54) is 4.90 Å². The molecule has 1 aromatic carbocycles. The van der Waals surface area contributed by atoms with Gasteiger partial charge in [-0.1, -0.05) is 12.1 Å². The van der Waals surface area contributed by atoms with Gasteiger partial charge in [-0.15, -0.1) is 11.8 Å². The number of hydrogen-bond donors (Lipinski definition) is 1. The summed E-state index contributed by atoms with van der Waals surface area (Å²) < 4.78 is 0. The van der Waals surface area contributed by atoms with Crippen LogP contribution in [0.4, 0.5) is 5.69 Å². The molecule has 0 aliphatic carbocycles. The highest BCUT2D eigenvalue weighted by atomic mass is 32.2. The summed E-state index contributed by atoms with van der Waals surface area (Å²) in [4.78, 5) is 15.8. The number of nitrogens with one attached hydrogen (secondary N) is 1. The van der Waals surface area contributed by atoms with Gasteiger partial charge in [0.05, 0.1) is 11.6 Å². The smallest absolute Gasteiger partial charge is 0.231 e. The van der Waals surface area contributed by atoms with Crippen LogP contribution in [0, 0.1) is 5.92 Å². The average Bonchev–Trinajstić information content (AvgIpc) is 2.47. The summed E-state index contributed by atoms with van der Waals surface area (Å²) in [6, 6.07) is 8.24. The summed E-state index contributed by atoms with van der Waals surface area (Å²) in [5.74, 6) is 1.47. The monoisotopic (exact) mass is 262 g/mol. The van der Waals surface area contributed by atoms with Gasteiger partial charge >= 0.3 is 0 Å². The van der Waals surface area contributed by atoms with E-state index >= 15 is 0 Å². The number of hydrogen-bond acceptors (Lipinski definition) is 3. The Bertz CT molecular complexity index is 443. The molecule has 0 spiro atoms. The number of nitrogens with zero attached hydrogens (tertiary/aromatic N) is 1. The molecule has 18 heavy (non-hydrogen) atoms. The van der Waals surface area contributed by atoms with Crippen molar-refractivity contribution in [3.8, 4) is 0 Å². The van der Waals surface area contributed by atoms with Crippen LogP contribution in [0.3, 0.4) is 0 Å². The molecule has 1 saturated heterocycles. The highest BCUT2D eigenvalue weighted by Gasteiger charge is 2.29. The maximum absolute atomic E-state index is 12.6. The van der Waals surface area contributed by atoms with Crippen LogP contribution in [0.1, 0.15) is 12.8 Å². The Labute approximate surface area is 112 Å². The zero-order valence-corrected chi connectivity index (χ0v) is 11.2. The second-order valence-corrected chi connectivity index (χ2v) is 5.99. The van der Waals surface area contributed by atoms with Crippen molar-refractivity contribution in [2.24, 2.45) is 5.92 Å². The molecule has 0 unspecified atom stereocenters. The molecule has 0 saturated carbocycles. The molecule has 0 aromatic heterocycles. The number of piperidine rings is 1. The van der Waals surface area contributed by atoms with E-state index in [0.29, 0.717) is 5.91 Å². The zero-order valence-electron chi connectivity index (χ0n) is 10.4. The first-order chi connectivity index (χ1) is 8.86. The van der Waals surface area contributed by atoms with Crippen molar-refractivity contribution < 1.29 is 4.79 Å². The zero-order chi connectivity index (χ0) is 12.4. The topological polar surface area (TPSA) is 32.3 Å². The van der Waals surface area contributed by atoms with Crippen LogP contribution in [0.5, 0.6) is 0 Å². The Morgan fingerprint density at radius 2 is 2.28 bits per heavy atom. The van der Waals surface area contributed by atoms with E-state index in [1.54, 1.807) is 0 Å². The minimum atomic E-state index is 0.162. The van der Waals surface area contributed by atoms with Crippen LogP contribution in [0.2, 0.25) is 0 Å². The molecular weight excluding hydrogens is 244 g/mol. The SMILES string of the molecule is O=C([C@H]1CCCNC1)N1CCSc2ccccc21. The summed E-state index contributed by atoms with van der Waals surface area (Å²) in [6.07, 6.45) is 2.14. The van der Waals surface area contributed by atoms with E-state index in [1.807, 2.05) is 28.8 Å². The lowest BCUT2D eigenvalue weighted by Gasteiger charge is -2.33. The van der Waals surface area contributed by atoms with Gasteiger partial charge in [0.1, 0.15) is 0 Å². The van der Waals surface area contributed by atoms with Gasteiger partial charge in [-0.2, -0.15) is 0 Å². The van der Waals surface area contributed by atoms with Crippen LogP contribution in [-0.4, -0.2) is 31.3 Å². The third kappa shape index (κ3) is 2.27. The fraction of sp³-hybridized carbons (Fsp3) is 0.500. The Kier molecular flexibility index (Phi) is 3.57. The lowest BCUT2D eigenvalue weighted by Crippen LogP contribution is -2.45. The van der Waals surface area contributed by atoms with Crippen molar-refractivity contribution in [1.82, 2.24) is 5.32 Å². The number of benzene rings is 1. The molecule has 2 aliphatic rings. The van der Waals surface area contributed by atoms with Crippen molar-refractivity contribution in [3.63, 3.8) is 0 Å². The van der Waals surface area contributed by atoms with E-state index in [-0.39, 0.29) is 5.92 Å². The minimum absolute atomic E-state index is 0.162. The second-order valence-electron chi connectivity index (χ2n) is 4.85. The Hall–Kier alpha value is -1.00. The van der Waals surface area contributed by atoms with E-state index in [9.17, 15) is 4.79 Å². The Morgan fingerprint density at radius 1 is 1.39 bits per heavy atom. The van der Waals surface area contributed by atoms with Crippen LogP contribution >= 0.6 is 11.8 Å². The van der Waals surface area contributed by atoms with Gasteiger partial charge in [0.15, 0.2) is 0 Å². The molecule has 1 amide bonds. The predicted molar refractivity (Wildman–Crippen MR) is 75.1 cm³/mol. The molecule has 1 atom stereocenters. The molecule has 3 rings (SSSR count). The van der Waals surface area contributed by atoms with Crippen LogP contribution < -0.4 is 10.2 Å². The molecule has 1 fully saturated rings. The first kappa shape index (κ1) is 12.1. The summed E-state index contributed by atoms with van der Waals surface area (Å²) in [5.41, 5.74) is 1.10. The molecule has 96 valence electrons. The number of anilines is 1. The molecular formula is C14H18N2OS. The van der Waals surface area contributed by atoms with Crippen LogP contribution in [0.25, 0.3) is 0 Å². The summed E-state index contributed by atoms with van der Waals surface area (Å²) in [7, 11) is 0. The number of carbonyl (C=O) groups is 1. The fourth-order valence-electron chi connectivity index (χ4n) is 2.68. The largest absolute Gasteiger partial charge is 0.316 e. The average molecular weight is 262 g/mol. The van der Waals surface area contributed by atoms with Gasteiger partial charge in [0, 0.05) is 23.7 Å². The number of carbonyl (C=O) groups excluding carboxylic acids is 1. The van der Waals surface area contributed by atoms with Crippen molar-refractivity contribution in [2.45, 2.75) is 17.7 Å². The number of para-hydroxylation sites is 1. The van der Waals surface area contributed by atoms with Crippen molar-refractivity contribution in [2.75, 3.05) is 30.3 Å². The van der Waals surface area contributed by atoms with Gasteiger partial charge in [-0.05, 0) is 31.5 Å². The lowest BCUT2D eigenvalue weighted by atomic mass is 9.98. The third-order valence-electron chi connectivity index (χ3n) is 3.64. The van der Waals surface area contributed by atoms with Gasteiger partial charge in [0.25, 0.3) is 0 Å². The molecule has 0 radical (unpaired) electrons. The molecule has 1 N–H and O–H groups in total. The molecule has 4 heteroatoms. The van der Waals surface area contributed by atoms with E-state index in [0.717, 1.165) is 43.9 Å². The van der Waals surface area contributed by atoms with E-state index in [2.05, 4.69) is 17.4 Å². The van der Waals surface area contributed by atoms with Gasteiger partial charge < -0.3 is 10.2 Å². The highest BCUT2D eigenvalue weighted by Crippen LogP contribution is 2.35. The van der Waals surface area contributed by atoms with Gasteiger partial charge in [-0.25, -0.2) is 0 Å². The first-order valence-corrected chi connectivity index (χ1v) is 7.59. The maximum Gasteiger partial charge on any atom is 0.231 e. The summed E-state index contributed by atoms with van der Waals surface area (Å²) in [6.45, 7) is 2.73. The standard InChI is InChI=1S/C14H18N2OS/c17-14(11-4-3-7-15-10-11)16-8-9-18-13-6-2-1-5-12(13)16/h1-2,5-6,11,15H,3-4,7-10H2/t11-/m0/s1. The minimum Gasteiger partial charge on any atom is -0.316 e. The van der Waals surface area contributed by atoms with Crippen molar-refractivity contribution in [3.05, 3.63) is 24.3 Å². The molecule has 3 nitrogen and oxygen atoms in total. The quantitative estimate of drug-likeness (QED) is 0.841. The molecule has 1 aromatic rings. The second kappa shape index (κ2) is 5.33. The fourth-order valence-corrected chi connectivity index (χ4v) is 3.68. The van der Waals surface area contributed by atoms with Crippen molar-refractivity contribution >= 4 is 23.4 Å². The number of rotatable bonds is 1.